The van der Waals surface area contributed by atoms with Gasteiger partial charge >= 0.3 is 17.9 Å². The van der Waals surface area contributed by atoms with E-state index in [1.807, 2.05) is 0 Å². The summed E-state index contributed by atoms with van der Waals surface area (Å²) >= 11 is 0. The number of carbonyl (C=O) groups is 4. The van der Waals surface area contributed by atoms with Gasteiger partial charge in [-0.15, -0.1) is 0 Å². The number of anilines is 2. The van der Waals surface area contributed by atoms with E-state index in [1.165, 1.54) is 24.3 Å². The summed E-state index contributed by atoms with van der Waals surface area (Å²) in [4.78, 5) is 54.9. The molecule has 0 aromatic heterocycles. The zero-order chi connectivity index (χ0) is 23.9. The number of benzene rings is 2. The number of hydrogen-bond donors (Lipinski definition) is 6. The van der Waals surface area contributed by atoms with Crippen LogP contribution in [0.5, 0.6) is 0 Å². The van der Waals surface area contributed by atoms with E-state index in [0.29, 0.717) is 11.3 Å². The van der Waals surface area contributed by atoms with Crippen molar-refractivity contribution in [1.29, 1.82) is 0 Å². The standard InChI is InChI=1S/C20H21N2O9P/c23-17(2-1-3-18(24)25)21-15-6-4-12(5-7-15)11-32(30,31)22-16-9-13(19(26)27)8-14(10-16)20(28)29/h4-10H,1-3,11H2,(H,21,23)(H,24,25)(H,26,27)(H,28,29)(H2,22,30,31). The molecule has 0 heterocycles. The lowest BCUT2D eigenvalue weighted by Crippen LogP contribution is -2.11. The van der Waals surface area contributed by atoms with Crippen LogP contribution in [0, 0.1) is 0 Å². The highest BCUT2D eigenvalue weighted by Gasteiger charge is 2.21. The molecule has 0 aliphatic rings. The molecule has 0 radical (unpaired) electrons. The Morgan fingerprint density at radius 2 is 1.38 bits per heavy atom. The number of aliphatic carboxylic acids is 1. The largest absolute Gasteiger partial charge is 0.481 e. The van der Waals surface area contributed by atoms with Crippen molar-refractivity contribution in [3.8, 4) is 0 Å². The summed E-state index contributed by atoms with van der Waals surface area (Å²) in [6, 6.07) is 9.09. The van der Waals surface area contributed by atoms with E-state index >= 15 is 0 Å². The first-order valence-electron chi connectivity index (χ1n) is 9.27. The van der Waals surface area contributed by atoms with Gasteiger partial charge in [-0.25, -0.2) is 9.59 Å². The van der Waals surface area contributed by atoms with Gasteiger partial charge in [0.25, 0.3) is 7.52 Å². The first kappa shape index (κ1) is 24.6. The van der Waals surface area contributed by atoms with E-state index in [-0.39, 0.29) is 48.1 Å². The van der Waals surface area contributed by atoms with E-state index in [4.69, 9.17) is 15.3 Å². The van der Waals surface area contributed by atoms with Gasteiger partial charge in [0.1, 0.15) is 0 Å². The Labute approximate surface area is 182 Å². The Kier molecular flexibility index (Phi) is 8.11. The molecule has 12 heteroatoms. The molecule has 0 spiro atoms. The topological polar surface area (TPSA) is 190 Å². The number of amides is 1. The maximum absolute atomic E-state index is 12.6. The lowest BCUT2D eigenvalue weighted by atomic mass is 10.1. The van der Waals surface area contributed by atoms with Crippen LogP contribution >= 0.6 is 7.52 Å². The molecular weight excluding hydrogens is 443 g/mol. The monoisotopic (exact) mass is 464 g/mol. The highest BCUT2D eigenvalue weighted by Crippen LogP contribution is 2.44. The summed E-state index contributed by atoms with van der Waals surface area (Å²) in [5.74, 6) is -4.12. The second-order valence-corrected chi connectivity index (χ2v) is 8.82. The average molecular weight is 464 g/mol. The summed E-state index contributed by atoms with van der Waals surface area (Å²) in [7, 11) is -4.08. The van der Waals surface area contributed by atoms with Crippen molar-refractivity contribution in [2.75, 3.05) is 10.4 Å². The minimum absolute atomic E-state index is 0.0392. The normalized spacial score (nSPS) is 12.4. The molecular formula is C20H21N2O9P. The van der Waals surface area contributed by atoms with Crippen LogP contribution in [0.15, 0.2) is 42.5 Å². The first-order valence-corrected chi connectivity index (χ1v) is 11.1. The molecule has 2 rings (SSSR count). The Bertz CT molecular complexity index is 1050. The summed E-state index contributed by atoms with van der Waals surface area (Å²) in [6.07, 6.45) is -0.225. The SMILES string of the molecule is O=C(O)CCCC(=O)Nc1ccc(CP(=O)(O)Nc2cc(C(=O)O)cc(C(=O)O)c2)cc1. The molecule has 2 aromatic rings. The van der Waals surface area contributed by atoms with E-state index in [1.54, 1.807) is 0 Å². The van der Waals surface area contributed by atoms with E-state index in [2.05, 4.69) is 10.4 Å². The zero-order valence-corrected chi connectivity index (χ0v) is 17.5. The van der Waals surface area contributed by atoms with Crippen LogP contribution in [0.25, 0.3) is 0 Å². The predicted molar refractivity (Wildman–Crippen MR) is 114 cm³/mol. The van der Waals surface area contributed by atoms with Gasteiger partial charge in [0.15, 0.2) is 0 Å². The molecule has 11 nitrogen and oxygen atoms in total. The Morgan fingerprint density at radius 1 is 0.812 bits per heavy atom. The molecule has 0 aliphatic carbocycles. The minimum atomic E-state index is -4.08. The number of rotatable bonds is 11. The van der Waals surface area contributed by atoms with Gasteiger partial charge in [-0.2, -0.15) is 0 Å². The van der Waals surface area contributed by atoms with Gasteiger partial charge in [0, 0.05) is 24.2 Å². The number of carboxylic acid groups (broad SMARTS) is 3. The van der Waals surface area contributed by atoms with Gasteiger partial charge in [0.05, 0.1) is 17.3 Å². The molecule has 1 amide bonds. The van der Waals surface area contributed by atoms with Gasteiger partial charge in [-0.1, -0.05) is 12.1 Å². The summed E-state index contributed by atoms with van der Waals surface area (Å²) in [5.41, 5.74) is 0.0280. The third-order valence-corrected chi connectivity index (χ3v) is 5.56. The second kappa shape index (κ2) is 10.6. The molecule has 170 valence electrons. The van der Waals surface area contributed by atoms with Crippen LogP contribution in [0.1, 0.15) is 45.5 Å². The quantitative estimate of drug-likeness (QED) is 0.269. The van der Waals surface area contributed by atoms with Crippen LogP contribution in [0.3, 0.4) is 0 Å². The molecule has 1 atom stereocenters. The van der Waals surface area contributed by atoms with E-state index < -0.39 is 25.4 Å². The van der Waals surface area contributed by atoms with Gasteiger partial charge in [0.2, 0.25) is 5.91 Å². The summed E-state index contributed by atoms with van der Waals surface area (Å²) in [6.45, 7) is 0. The van der Waals surface area contributed by atoms with E-state index in [9.17, 15) is 28.6 Å². The summed E-state index contributed by atoms with van der Waals surface area (Å²) < 4.78 is 12.6. The number of nitrogens with one attached hydrogen (secondary N) is 2. The van der Waals surface area contributed by atoms with Gasteiger partial charge in [-0.05, 0) is 42.3 Å². The molecule has 1 unspecified atom stereocenters. The van der Waals surface area contributed by atoms with E-state index in [0.717, 1.165) is 18.2 Å². The Hall–Kier alpha value is -3.69. The fraction of sp³-hybridized carbons (Fsp3) is 0.200. The molecule has 2 aromatic carbocycles. The molecule has 0 saturated carbocycles. The van der Waals surface area contributed by atoms with Crippen molar-refractivity contribution >= 4 is 42.7 Å². The Morgan fingerprint density at radius 3 is 1.88 bits per heavy atom. The number of aromatic carboxylic acids is 2. The van der Waals surface area contributed by atoms with Crippen molar-refractivity contribution < 1.29 is 44.0 Å². The molecule has 0 saturated heterocycles. The molecule has 0 aliphatic heterocycles. The molecule has 6 N–H and O–H groups in total. The lowest BCUT2D eigenvalue weighted by molar-refractivity contribution is -0.137. The average Bonchev–Trinajstić information content (AvgIpc) is 2.68. The first-order chi connectivity index (χ1) is 14.9. The van der Waals surface area contributed by atoms with Crippen molar-refractivity contribution in [2.45, 2.75) is 25.4 Å². The van der Waals surface area contributed by atoms with Crippen molar-refractivity contribution in [3.05, 3.63) is 59.2 Å². The zero-order valence-electron chi connectivity index (χ0n) is 16.6. The number of carbonyl (C=O) groups excluding carboxylic acids is 1. The molecule has 0 fully saturated rings. The van der Waals surface area contributed by atoms with Crippen molar-refractivity contribution in [3.63, 3.8) is 0 Å². The third kappa shape index (κ3) is 7.86. The number of hydrogen-bond acceptors (Lipinski definition) is 5. The number of carboxylic acids is 3. The molecule has 0 bridgehead atoms. The smallest absolute Gasteiger partial charge is 0.335 e. The maximum atomic E-state index is 12.6. The summed E-state index contributed by atoms with van der Waals surface area (Å²) in [5, 5.41) is 31.7. The van der Waals surface area contributed by atoms with Gasteiger partial charge < -0.3 is 30.6 Å². The van der Waals surface area contributed by atoms with Crippen LogP contribution in [0.4, 0.5) is 11.4 Å². The molecule has 32 heavy (non-hydrogen) atoms. The highest BCUT2D eigenvalue weighted by molar-refractivity contribution is 7.58. The van der Waals surface area contributed by atoms with Crippen LogP contribution < -0.4 is 10.4 Å². The van der Waals surface area contributed by atoms with Crippen molar-refractivity contribution in [1.82, 2.24) is 0 Å². The van der Waals surface area contributed by atoms with Crippen molar-refractivity contribution in [2.24, 2.45) is 0 Å². The highest BCUT2D eigenvalue weighted by atomic mass is 31.2. The maximum Gasteiger partial charge on any atom is 0.335 e. The Balaban J connectivity index is 2.04. The third-order valence-electron chi connectivity index (χ3n) is 4.16. The fourth-order valence-electron chi connectivity index (χ4n) is 2.74. The van der Waals surface area contributed by atoms with Gasteiger partial charge in [-0.3, -0.25) is 14.2 Å². The predicted octanol–water partition coefficient (Wildman–Crippen LogP) is 3.07. The minimum Gasteiger partial charge on any atom is -0.481 e. The lowest BCUT2D eigenvalue weighted by Gasteiger charge is -2.16. The fourth-order valence-corrected chi connectivity index (χ4v) is 4.06. The second-order valence-electron chi connectivity index (χ2n) is 6.87. The van der Waals surface area contributed by atoms with Crippen LogP contribution in [-0.4, -0.2) is 44.0 Å². The van der Waals surface area contributed by atoms with Crippen LogP contribution in [0.2, 0.25) is 0 Å². The van der Waals surface area contributed by atoms with Crippen LogP contribution in [-0.2, 0) is 20.3 Å².